The van der Waals surface area contributed by atoms with E-state index in [-0.39, 0.29) is 18.9 Å². The van der Waals surface area contributed by atoms with Crippen LogP contribution < -0.4 is 5.32 Å². The summed E-state index contributed by atoms with van der Waals surface area (Å²) in [5.74, 6) is -0.310. The molecule has 65 heavy (non-hydrogen) atoms. The first kappa shape index (κ1) is 63.8. The maximum absolute atomic E-state index is 12.5. The molecule has 0 aliphatic heterocycles. The van der Waals surface area contributed by atoms with Crippen LogP contribution >= 0.6 is 0 Å². The molecule has 0 aromatic rings. The zero-order valence-corrected chi connectivity index (χ0v) is 44.1. The van der Waals surface area contributed by atoms with E-state index in [1.807, 2.05) is 6.08 Å². The lowest BCUT2D eigenvalue weighted by Crippen LogP contribution is -2.45. The van der Waals surface area contributed by atoms with E-state index in [4.69, 9.17) is 0 Å². The number of amides is 1. The first-order valence-corrected chi connectivity index (χ1v) is 29.6. The van der Waals surface area contributed by atoms with Gasteiger partial charge in [-0.3, -0.25) is 4.79 Å². The Morgan fingerprint density at radius 1 is 0.385 bits per heavy atom. The molecule has 0 heterocycles. The van der Waals surface area contributed by atoms with Crippen molar-refractivity contribution in [2.24, 2.45) is 0 Å². The minimum atomic E-state index is -0.927. The van der Waals surface area contributed by atoms with Gasteiger partial charge < -0.3 is 20.6 Å². The van der Waals surface area contributed by atoms with E-state index in [9.17, 15) is 20.1 Å². The van der Waals surface area contributed by atoms with Gasteiger partial charge >= 0.3 is 0 Å². The number of allylic oxidation sites excluding steroid dienone is 3. The van der Waals surface area contributed by atoms with Crippen LogP contribution in [0.2, 0.25) is 0 Å². The van der Waals surface area contributed by atoms with Gasteiger partial charge in [-0.15, -0.1) is 0 Å². The van der Waals surface area contributed by atoms with Gasteiger partial charge in [-0.2, -0.15) is 0 Å². The monoisotopic (exact) mass is 916 g/mol. The van der Waals surface area contributed by atoms with E-state index in [1.54, 1.807) is 6.08 Å². The van der Waals surface area contributed by atoms with Crippen molar-refractivity contribution >= 4 is 5.91 Å². The van der Waals surface area contributed by atoms with E-state index in [0.29, 0.717) is 6.42 Å². The highest BCUT2D eigenvalue weighted by Crippen LogP contribution is 2.18. The van der Waals surface area contributed by atoms with Crippen LogP contribution in [0.25, 0.3) is 0 Å². The minimum Gasteiger partial charge on any atom is -0.394 e. The number of aliphatic hydroxyl groups excluding tert-OH is 3. The zero-order chi connectivity index (χ0) is 47.2. The molecule has 5 nitrogen and oxygen atoms in total. The molecule has 4 N–H and O–H groups in total. The fraction of sp³-hybridized carbons (Fsp3) is 0.917. The van der Waals surface area contributed by atoms with Gasteiger partial charge in [0.1, 0.15) is 0 Å². The molecule has 0 aromatic carbocycles. The molecule has 0 aromatic heterocycles. The van der Waals surface area contributed by atoms with E-state index in [0.717, 1.165) is 25.7 Å². The average molecular weight is 917 g/mol. The number of carbonyl (C=O) groups is 1. The number of unbranched alkanes of at least 4 members (excludes halogenated alkanes) is 44. The van der Waals surface area contributed by atoms with Gasteiger partial charge in [-0.1, -0.05) is 301 Å². The summed E-state index contributed by atoms with van der Waals surface area (Å²) in [7, 11) is 0. The topological polar surface area (TPSA) is 89.8 Å². The predicted octanol–water partition coefficient (Wildman–Crippen LogP) is 18.5. The van der Waals surface area contributed by atoms with Crippen molar-refractivity contribution in [1.29, 1.82) is 0 Å². The van der Waals surface area contributed by atoms with Crippen LogP contribution in [-0.4, -0.2) is 46.1 Å². The number of rotatable bonds is 55. The summed E-state index contributed by atoms with van der Waals surface area (Å²) in [6.07, 6.45) is 71.0. The molecule has 0 saturated carbocycles. The van der Waals surface area contributed by atoms with Crippen molar-refractivity contribution in [1.82, 2.24) is 5.32 Å². The van der Waals surface area contributed by atoms with Crippen molar-refractivity contribution < 1.29 is 20.1 Å². The highest BCUT2D eigenvalue weighted by atomic mass is 16.3. The molecule has 0 radical (unpaired) electrons. The second kappa shape index (κ2) is 55.4. The van der Waals surface area contributed by atoms with Crippen LogP contribution in [0.15, 0.2) is 24.3 Å². The van der Waals surface area contributed by atoms with Crippen LogP contribution in [0, 0.1) is 0 Å². The first-order chi connectivity index (χ1) is 32.0. The summed E-state index contributed by atoms with van der Waals surface area (Å²) < 4.78 is 0. The van der Waals surface area contributed by atoms with Crippen molar-refractivity contribution in [2.45, 2.75) is 347 Å². The van der Waals surface area contributed by atoms with Crippen molar-refractivity contribution in [2.75, 3.05) is 6.61 Å². The Morgan fingerprint density at radius 3 is 0.938 bits per heavy atom. The molecule has 0 aliphatic rings. The van der Waals surface area contributed by atoms with Crippen LogP contribution in [0.5, 0.6) is 0 Å². The summed E-state index contributed by atoms with van der Waals surface area (Å²) in [6.45, 7) is 4.25. The lowest BCUT2D eigenvalue weighted by atomic mass is 10.0. The van der Waals surface area contributed by atoms with E-state index in [2.05, 4.69) is 31.3 Å². The predicted molar refractivity (Wildman–Crippen MR) is 287 cm³/mol. The number of hydrogen-bond acceptors (Lipinski definition) is 4. The Labute approximate surface area is 407 Å². The van der Waals surface area contributed by atoms with Crippen LogP contribution in [0.4, 0.5) is 0 Å². The SMILES string of the molecule is CCCCCCCCCCCCCCCC/C=C\CCCCCCCCCCCCCCCCCC(O)CC(=O)NC(CO)C(O)/C=C/CCCCCCCCCCCCCCCCC. The van der Waals surface area contributed by atoms with Gasteiger partial charge in [-0.05, 0) is 44.9 Å². The maximum atomic E-state index is 12.5. The molecule has 0 spiro atoms. The molecular weight excluding hydrogens is 799 g/mol. The number of nitrogens with one attached hydrogen (secondary N) is 1. The average Bonchev–Trinajstić information content (AvgIpc) is 3.30. The Balaban J connectivity index is 3.49. The number of aliphatic hydroxyl groups is 3. The molecule has 386 valence electrons. The molecule has 1 amide bonds. The van der Waals surface area contributed by atoms with E-state index in [1.165, 1.54) is 276 Å². The molecule has 5 heteroatoms. The van der Waals surface area contributed by atoms with Gasteiger partial charge in [0.15, 0.2) is 0 Å². The summed E-state index contributed by atoms with van der Waals surface area (Å²) in [5, 5.41) is 33.5. The molecule has 3 atom stereocenters. The van der Waals surface area contributed by atoms with Crippen LogP contribution in [-0.2, 0) is 4.79 Å². The molecule has 3 unspecified atom stereocenters. The lowest BCUT2D eigenvalue weighted by Gasteiger charge is -2.21. The van der Waals surface area contributed by atoms with Crippen LogP contribution in [0.3, 0.4) is 0 Å². The Kier molecular flexibility index (Phi) is 54.4. The number of carbonyl (C=O) groups excluding carboxylic acids is 1. The van der Waals surface area contributed by atoms with Crippen molar-refractivity contribution in [3.63, 3.8) is 0 Å². The smallest absolute Gasteiger partial charge is 0.222 e. The lowest BCUT2D eigenvalue weighted by molar-refractivity contribution is -0.124. The van der Waals surface area contributed by atoms with Crippen LogP contribution in [0.1, 0.15) is 328 Å². The third kappa shape index (κ3) is 52.1. The van der Waals surface area contributed by atoms with E-state index < -0.39 is 18.2 Å². The quantitative estimate of drug-likeness (QED) is 0.0361. The minimum absolute atomic E-state index is 0.0172. The Hall–Kier alpha value is -1.17. The maximum Gasteiger partial charge on any atom is 0.222 e. The Morgan fingerprint density at radius 2 is 0.646 bits per heavy atom. The summed E-state index contributed by atoms with van der Waals surface area (Å²) in [6, 6.07) is -0.743. The Bertz CT molecular complexity index is 967. The van der Waals surface area contributed by atoms with Gasteiger partial charge in [-0.25, -0.2) is 0 Å². The molecule has 0 saturated heterocycles. The molecule has 0 aliphatic carbocycles. The fourth-order valence-electron chi connectivity index (χ4n) is 9.46. The fourth-order valence-corrected chi connectivity index (χ4v) is 9.46. The second-order valence-corrected chi connectivity index (χ2v) is 20.6. The first-order valence-electron chi connectivity index (χ1n) is 29.6. The zero-order valence-electron chi connectivity index (χ0n) is 44.1. The largest absolute Gasteiger partial charge is 0.394 e. The van der Waals surface area contributed by atoms with E-state index >= 15 is 0 Å². The molecule has 0 fully saturated rings. The highest BCUT2D eigenvalue weighted by molar-refractivity contribution is 5.76. The summed E-state index contributed by atoms with van der Waals surface area (Å²) in [4.78, 5) is 12.5. The highest BCUT2D eigenvalue weighted by Gasteiger charge is 2.20. The van der Waals surface area contributed by atoms with Crippen molar-refractivity contribution in [3.05, 3.63) is 24.3 Å². The van der Waals surface area contributed by atoms with Crippen molar-refractivity contribution in [3.8, 4) is 0 Å². The standard InChI is InChI=1S/C60H117NO4/c1-3-5-7-9-11-13-15-17-19-21-22-23-24-25-26-27-28-29-30-31-32-33-34-35-36-38-39-41-43-45-47-49-51-53-57(63)55-60(65)61-58(56-62)59(64)54-52-50-48-46-44-42-40-37-20-18-16-14-12-10-8-6-4-2/h27-28,52,54,57-59,62-64H,3-26,29-51,53,55-56H2,1-2H3,(H,61,65)/b28-27-,54-52+. The second-order valence-electron chi connectivity index (χ2n) is 20.6. The molecule has 0 rings (SSSR count). The van der Waals surface area contributed by atoms with Gasteiger partial charge in [0.05, 0.1) is 31.3 Å². The molecule has 0 bridgehead atoms. The molecular formula is C60H117NO4. The normalized spacial score (nSPS) is 13.4. The summed E-state index contributed by atoms with van der Waals surface area (Å²) in [5.41, 5.74) is 0. The van der Waals surface area contributed by atoms with Gasteiger partial charge in [0.25, 0.3) is 0 Å². The van der Waals surface area contributed by atoms with Gasteiger partial charge in [0.2, 0.25) is 5.91 Å². The van der Waals surface area contributed by atoms with Gasteiger partial charge in [0, 0.05) is 0 Å². The third-order valence-electron chi connectivity index (χ3n) is 14.0. The third-order valence-corrected chi connectivity index (χ3v) is 14.0. The number of hydrogen-bond donors (Lipinski definition) is 4. The summed E-state index contributed by atoms with van der Waals surface area (Å²) >= 11 is 0.